The smallest absolute Gasteiger partial charge is 0.332 e. The monoisotopic (exact) mass is 241 g/mol. The van der Waals surface area contributed by atoms with Gasteiger partial charge in [0.15, 0.2) is 0 Å². The summed E-state index contributed by atoms with van der Waals surface area (Å²) in [7, 11) is 0. The van der Waals surface area contributed by atoms with Gasteiger partial charge in [-0.2, -0.15) is 0 Å². The predicted octanol–water partition coefficient (Wildman–Crippen LogP) is -0.273. The van der Waals surface area contributed by atoms with E-state index in [0.717, 1.165) is 18.8 Å². The van der Waals surface area contributed by atoms with Crippen LogP contribution in [0.3, 0.4) is 0 Å². The molecule has 94 valence electrons. The van der Waals surface area contributed by atoms with Crippen LogP contribution >= 0.6 is 0 Å². The molecular formula is C10H15N3O4. The Balaban J connectivity index is 2.75. The number of nitrogens with one attached hydrogen (secondary N) is 1. The van der Waals surface area contributed by atoms with E-state index in [1.807, 2.05) is 6.92 Å². The molecule has 2 N–H and O–H groups in total. The van der Waals surface area contributed by atoms with Crippen LogP contribution in [0.4, 0.5) is 5.69 Å². The van der Waals surface area contributed by atoms with Crippen molar-refractivity contribution in [3.05, 3.63) is 38.8 Å². The van der Waals surface area contributed by atoms with E-state index in [1.54, 1.807) is 0 Å². The molecule has 1 atom stereocenters. The molecule has 1 heterocycles. The van der Waals surface area contributed by atoms with Crippen LogP contribution in [0.15, 0.2) is 23.3 Å². The van der Waals surface area contributed by atoms with Crippen molar-refractivity contribution in [3.63, 3.8) is 0 Å². The Morgan fingerprint density at radius 2 is 2.35 bits per heavy atom. The zero-order chi connectivity index (χ0) is 12.8. The van der Waals surface area contributed by atoms with Gasteiger partial charge in [-0.3, -0.25) is 14.9 Å². The standard InChI is InChI=1S/C10H15N3O4/c1-2-11-5-8(14)6-12-4-3-10(15)9(7-12)13(16)17/h3-4,7-8,11,14H,2,5-6H2,1H3. The van der Waals surface area contributed by atoms with Crippen molar-refractivity contribution in [3.8, 4) is 0 Å². The summed E-state index contributed by atoms with van der Waals surface area (Å²) in [6.45, 7) is 3.25. The molecule has 0 amide bonds. The Hall–Kier alpha value is -1.73. The molecule has 0 aliphatic rings. The van der Waals surface area contributed by atoms with Crippen LogP contribution in [0.2, 0.25) is 0 Å². The summed E-state index contributed by atoms with van der Waals surface area (Å²) in [5.41, 5.74) is -1.12. The van der Waals surface area contributed by atoms with E-state index in [2.05, 4.69) is 5.32 Å². The lowest BCUT2D eigenvalue weighted by Gasteiger charge is -2.12. The normalized spacial score (nSPS) is 12.4. The Morgan fingerprint density at radius 1 is 1.65 bits per heavy atom. The fourth-order valence-corrected chi connectivity index (χ4v) is 1.38. The maximum Gasteiger partial charge on any atom is 0.332 e. The highest BCUT2D eigenvalue weighted by molar-refractivity contribution is 5.25. The molecule has 1 unspecified atom stereocenters. The quantitative estimate of drug-likeness (QED) is 0.527. The van der Waals surface area contributed by atoms with Gasteiger partial charge in [-0.05, 0) is 6.54 Å². The van der Waals surface area contributed by atoms with Gasteiger partial charge in [0.2, 0.25) is 0 Å². The third-order valence-electron chi connectivity index (χ3n) is 2.21. The van der Waals surface area contributed by atoms with Crippen molar-refractivity contribution in [1.29, 1.82) is 0 Å². The lowest BCUT2D eigenvalue weighted by atomic mass is 10.3. The largest absolute Gasteiger partial charge is 0.390 e. The third-order valence-corrected chi connectivity index (χ3v) is 2.21. The van der Waals surface area contributed by atoms with E-state index < -0.39 is 22.1 Å². The number of nitrogens with zero attached hydrogens (tertiary/aromatic N) is 2. The summed E-state index contributed by atoms with van der Waals surface area (Å²) in [6.07, 6.45) is 1.90. The van der Waals surface area contributed by atoms with E-state index in [0.29, 0.717) is 6.54 Å². The summed E-state index contributed by atoms with van der Waals surface area (Å²) in [5, 5.41) is 23.1. The summed E-state index contributed by atoms with van der Waals surface area (Å²) in [4.78, 5) is 21.0. The molecule has 1 aromatic heterocycles. The van der Waals surface area contributed by atoms with Gasteiger partial charge in [-0.1, -0.05) is 6.92 Å². The molecule has 17 heavy (non-hydrogen) atoms. The van der Waals surface area contributed by atoms with Crippen molar-refractivity contribution in [2.24, 2.45) is 0 Å². The minimum absolute atomic E-state index is 0.202. The van der Waals surface area contributed by atoms with Crippen molar-refractivity contribution in [2.75, 3.05) is 13.1 Å². The van der Waals surface area contributed by atoms with Crippen LogP contribution < -0.4 is 10.7 Å². The third kappa shape index (κ3) is 3.97. The molecule has 7 nitrogen and oxygen atoms in total. The zero-order valence-electron chi connectivity index (χ0n) is 9.50. The number of nitro groups is 1. The number of hydrogen-bond acceptors (Lipinski definition) is 5. The maximum absolute atomic E-state index is 11.1. The van der Waals surface area contributed by atoms with Crippen LogP contribution in [-0.2, 0) is 6.54 Å². The highest BCUT2D eigenvalue weighted by Gasteiger charge is 2.12. The minimum Gasteiger partial charge on any atom is -0.390 e. The van der Waals surface area contributed by atoms with Crippen LogP contribution in [0, 0.1) is 10.1 Å². The predicted molar refractivity (Wildman–Crippen MR) is 61.9 cm³/mol. The van der Waals surface area contributed by atoms with E-state index >= 15 is 0 Å². The lowest BCUT2D eigenvalue weighted by Crippen LogP contribution is -2.30. The minimum atomic E-state index is -0.727. The second-order valence-electron chi connectivity index (χ2n) is 3.61. The molecule has 0 aliphatic carbocycles. The fourth-order valence-electron chi connectivity index (χ4n) is 1.38. The Kier molecular flexibility index (Phi) is 4.80. The summed E-state index contributed by atoms with van der Waals surface area (Å²) < 4.78 is 1.43. The molecule has 1 rings (SSSR count). The number of rotatable bonds is 6. The van der Waals surface area contributed by atoms with Crippen LogP contribution in [0.25, 0.3) is 0 Å². The molecule has 0 saturated carbocycles. The van der Waals surface area contributed by atoms with Gasteiger partial charge in [0.25, 0.3) is 5.43 Å². The van der Waals surface area contributed by atoms with Gasteiger partial charge < -0.3 is 15.0 Å². The molecule has 0 radical (unpaired) electrons. The van der Waals surface area contributed by atoms with Gasteiger partial charge in [0.1, 0.15) is 0 Å². The second kappa shape index (κ2) is 6.12. The van der Waals surface area contributed by atoms with Gasteiger partial charge in [0, 0.05) is 25.4 Å². The fraction of sp³-hybridized carbons (Fsp3) is 0.500. The zero-order valence-corrected chi connectivity index (χ0v) is 9.50. The second-order valence-corrected chi connectivity index (χ2v) is 3.61. The lowest BCUT2D eigenvalue weighted by molar-refractivity contribution is -0.386. The number of likely N-dealkylation sites (N-methyl/N-ethyl adjacent to an activating group) is 1. The maximum atomic E-state index is 11.1. The van der Waals surface area contributed by atoms with Gasteiger partial charge in [-0.25, -0.2) is 0 Å². The first-order chi connectivity index (χ1) is 8.04. The first kappa shape index (κ1) is 13.3. The number of aromatic nitrogens is 1. The number of pyridine rings is 1. The number of hydrogen-bond donors (Lipinski definition) is 2. The first-order valence-electron chi connectivity index (χ1n) is 5.28. The van der Waals surface area contributed by atoms with Crippen LogP contribution in [-0.4, -0.2) is 33.8 Å². The van der Waals surface area contributed by atoms with Gasteiger partial charge in [-0.15, -0.1) is 0 Å². The van der Waals surface area contributed by atoms with E-state index in [4.69, 9.17) is 0 Å². The van der Waals surface area contributed by atoms with Crippen molar-refractivity contribution in [1.82, 2.24) is 9.88 Å². The highest BCUT2D eigenvalue weighted by atomic mass is 16.6. The van der Waals surface area contributed by atoms with Crippen LogP contribution in [0.1, 0.15) is 6.92 Å². The van der Waals surface area contributed by atoms with Crippen molar-refractivity contribution >= 4 is 5.69 Å². The van der Waals surface area contributed by atoms with E-state index in [1.165, 1.54) is 10.8 Å². The Bertz CT molecular complexity index is 443. The summed E-state index contributed by atoms with van der Waals surface area (Å²) in [6, 6.07) is 1.12. The molecule has 1 aromatic rings. The Morgan fingerprint density at radius 3 is 2.94 bits per heavy atom. The average Bonchev–Trinajstić information content (AvgIpc) is 2.28. The molecule has 0 saturated heterocycles. The van der Waals surface area contributed by atoms with E-state index in [9.17, 15) is 20.0 Å². The SMILES string of the molecule is CCNCC(O)Cn1ccc(=O)c([N+](=O)[O-])c1. The van der Waals surface area contributed by atoms with Crippen molar-refractivity contribution in [2.45, 2.75) is 19.6 Å². The van der Waals surface area contributed by atoms with E-state index in [-0.39, 0.29) is 6.54 Å². The topological polar surface area (TPSA) is 97.4 Å². The molecule has 0 aromatic carbocycles. The van der Waals surface area contributed by atoms with Gasteiger partial charge in [0.05, 0.1) is 17.2 Å². The molecule has 0 aliphatic heterocycles. The number of aliphatic hydroxyl groups is 1. The number of aliphatic hydroxyl groups excluding tert-OH is 1. The molecule has 0 bridgehead atoms. The molecular weight excluding hydrogens is 226 g/mol. The summed E-state index contributed by atoms with van der Waals surface area (Å²) >= 11 is 0. The van der Waals surface area contributed by atoms with Gasteiger partial charge >= 0.3 is 5.69 Å². The molecule has 0 fully saturated rings. The first-order valence-corrected chi connectivity index (χ1v) is 5.28. The van der Waals surface area contributed by atoms with Crippen molar-refractivity contribution < 1.29 is 10.0 Å². The molecule has 0 spiro atoms. The summed E-state index contributed by atoms with van der Waals surface area (Å²) in [5.74, 6) is 0. The van der Waals surface area contributed by atoms with Crippen LogP contribution in [0.5, 0.6) is 0 Å². The highest BCUT2D eigenvalue weighted by Crippen LogP contribution is 2.03. The average molecular weight is 241 g/mol. The molecule has 7 heteroatoms. The Labute approximate surface area is 97.8 Å².